The second-order valence-corrected chi connectivity index (χ2v) is 15.7. The molecule has 0 aliphatic rings. The van der Waals surface area contributed by atoms with Crippen molar-refractivity contribution in [2.24, 2.45) is 11.1 Å². The normalized spacial score (nSPS) is 12.6. The lowest BCUT2D eigenvalue weighted by atomic mass is 9.82. The predicted octanol–water partition coefficient (Wildman–Crippen LogP) is 1.24. The van der Waals surface area contributed by atoms with Crippen LogP contribution in [0.3, 0.4) is 0 Å². The summed E-state index contributed by atoms with van der Waals surface area (Å²) in [5.74, 6) is -6.80. The first kappa shape index (κ1) is 48.6. The summed E-state index contributed by atoms with van der Waals surface area (Å²) >= 11 is 0. The van der Waals surface area contributed by atoms with Crippen LogP contribution in [-0.2, 0) is 46.5 Å². The number of amides is 7. The van der Waals surface area contributed by atoms with E-state index in [-0.39, 0.29) is 31.5 Å². The fourth-order valence-corrected chi connectivity index (χ4v) is 6.91. The van der Waals surface area contributed by atoms with Crippen LogP contribution in [0.2, 0.25) is 0 Å². The average molecular weight is 874 g/mol. The fourth-order valence-electron chi connectivity index (χ4n) is 6.91. The zero-order valence-electron chi connectivity index (χ0n) is 35.5. The molecule has 0 saturated carbocycles. The maximum atomic E-state index is 15.2. The average Bonchev–Trinajstić information content (AvgIpc) is 3.64. The Hall–Kier alpha value is -7.02. The van der Waals surface area contributed by atoms with E-state index in [1.165, 1.54) is 24.3 Å². The van der Waals surface area contributed by atoms with Gasteiger partial charge in [-0.2, -0.15) is 0 Å². The van der Waals surface area contributed by atoms with Crippen molar-refractivity contribution in [2.75, 3.05) is 33.3 Å². The Morgan fingerprint density at radius 3 is 2.13 bits per heavy atom. The molecule has 3 unspecified atom stereocenters. The quantitative estimate of drug-likeness (QED) is 0.0636. The number of aliphatic hydroxyl groups excluding tert-OH is 1. The molecule has 3 atom stereocenters. The SMILES string of the molecule is CNC(=O)C(CCN(C(=O)CO)C(c1cc(-c2cc(F)ccc2F)cn1Cc1ccccc1)C(C)(C)C)NC(=O)C(CC(N)=O)NC(=O)CNC(=O)CNC(=O)Cc1ccncc1. The van der Waals surface area contributed by atoms with Crippen LogP contribution >= 0.6 is 0 Å². The van der Waals surface area contributed by atoms with Crippen LogP contribution in [0, 0.1) is 17.0 Å². The number of nitrogens with zero attached hydrogens (tertiary/aromatic N) is 3. The highest BCUT2D eigenvalue weighted by Gasteiger charge is 2.38. The molecule has 0 bridgehead atoms. The summed E-state index contributed by atoms with van der Waals surface area (Å²) in [5.41, 5.74) is 6.93. The molecule has 2 aromatic carbocycles. The molecular formula is C44H53F2N9O8. The van der Waals surface area contributed by atoms with E-state index in [1.54, 1.807) is 29.0 Å². The van der Waals surface area contributed by atoms with Crippen molar-refractivity contribution >= 4 is 41.4 Å². The molecule has 8 N–H and O–H groups in total. The first-order valence-electron chi connectivity index (χ1n) is 20.0. The number of aromatic nitrogens is 2. The van der Waals surface area contributed by atoms with E-state index in [0.717, 1.165) is 23.8 Å². The van der Waals surface area contributed by atoms with Crippen LogP contribution in [0.5, 0.6) is 0 Å². The molecule has 0 radical (unpaired) electrons. The highest BCUT2D eigenvalue weighted by atomic mass is 19.1. The maximum absolute atomic E-state index is 15.2. The number of rotatable bonds is 21. The summed E-state index contributed by atoms with van der Waals surface area (Å²) in [6.07, 6.45) is 3.75. The van der Waals surface area contributed by atoms with E-state index >= 15 is 4.39 Å². The lowest BCUT2D eigenvalue weighted by Gasteiger charge is -2.41. The van der Waals surface area contributed by atoms with Crippen LogP contribution in [0.25, 0.3) is 11.1 Å². The molecular weight excluding hydrogens is 821 g/mol. The van der Waals surface area contributed by atoms with Crippen molar-refractivity contribution in [3.8, 4) is 11.1 Å². The highest BCUT2D eigenvalue weighted by molar-refractivity contribution is 5.95. The van der Waals surface area contributed by atoms with Gasteiger partial charge < -0.3 is 46.9 Å². The third-order valence-corrected chi connectivity index (χ3v) is 9.83. The third-order valence-electron chi connectivity index (χ3n) is 9.83. The summed E-state index contributed by atoms with van der Waals surface area (Å²) in [6, 6.07) is 13.5. The van der Waals surface area contributed by atoms with E-state index in [1.807, 2.05) is 51.1 Å². The minimum absolute atomic E-state index is 0.00568. The molecule has 17 nitrogen and oxygen atoms in total. The van der Waals surface area contributed by atoms with Gasteiger partial charge in [-0.05, 0) is 59.4 Å². The van der Waals surface area contributed by atoms with Crippen molar-refractivity contribution in [3.63, 3.8) is 0 Å². The van der Waals surface area contributed by atoms with Crippen LogP contribution in [-0.4, -0.2) is 106 Å². The Morgan fingerprint density at radius 2 is 1.49 bits per heavy atom. The Balaban J connectivity index is 1.54. The standard InChI is InChI=1S/C44H53F2N9O8/c1-44(2,3)41(35-19-29(31-20-30(45)10-11-32(31)46)25-54(35)24-28-8-6-5-7-9-28)55(40(61)26-56)17-14-33(42(62)48-4)53-43(63)34(21-36(47)57)52-39(60)23-51-38(59)22-50-37(58)18-27-12-15-49-16-13-27/h5-13,15-16,19-20,25,33-34,41,56H,14,17-18,21-24,26H2,1-4H3,(H2,47,57)(H,48,62)(H,50,58)(H,51,59)(H,52,60)(H,53,63). The molecule has 0 spiro atoms. The van der Waals surface area contributed by atoms with E-state index in [4.69, 9.17) is 5.73 Å². The van der Waals surface area contributed by atoms with Gasteiger partial charge in [0.2, 0.25) is 41.4 Å². The molecule has 63 heavy (non-hydrogen) atoms. The number of halogens is 2. The molecule has 0 aliphatic heterocycles. The van der Waals surface area contributed by atoms with Gasteiger partial charge in [-0.1, -0.05) is 51.1 Å². The molecule has 336 valence electrons. The van der Waals surface area contributed by atoms with E-state index in [2.05, 4.69) is 31.6 Å². The van der Waals surface area contributed by atoms with Gasteiger partial charge in [0.25, 0.3) is 0 Å². The summed E-state index contributed by atoms with van der Waals surface area (Å²) in [6.45, 7) is 3.52. The molecule has 7 amide bonds. The number of aliphatic hydroxyl groups is 1. The number of benzene rings is 2. The zero-order valence-corrected chi connectivity index (χ0v) is 35.5. The van der Waals surface area contributed by atoms with Crippen molar-refractivity contribution < 1.29 is 47.4 Å². The number of carbonyl (C=O) groups excluding carboxylic acids is 7. The summed E-state index contributed by atoms with van der Waals surface area (Å²) in [7, 11) is 1.31. The fraction of sp³-hybridized carbons (Fsp3) is 0.364. The topological polar surface area (TPSA) is 247 Å². The minimum Gasteiger partial charge on any atom is -0.387 e. The summed E-state index contributed by atoms with van der Waals surface area (Å²) < 4.78 is 31.4. The van der Waals surface area contributed by atoms with Gasteiger partial charge in [0.1, 0.15) is 30.3 Å². The Morgan fingerprint density at radius 1 is 0.825 bits per heavy atom. The molecule has 2 aromatic heterocycles. The number of primary amides is 1. The monoisotopic (exact) mass is 873 g/mol. The Labute approximate surface area is 363 Å². The van der Waals surface area contributed by atoms with Gasteiger partial charge in [-0.3, -0.25) is 38.5 Å². The minimum atomic E-state index is -1.60. The third kappa shape index (κ3) is 14.6. The van der Waals surface area contributed by atoms with Crippen LogP contribution in [0.15, 0.2) is 85.3 Å². The molecule has 2 heterocycles. The summed E-state index contributed by atoms with van der Waals surface area (Å²) in [5, 5.41) is 22.3. The number of nitrogens with one attached hydrogen (secondary N) is 5. The van der Waals surface area contributed by atoms with Crippen LogP contribution in [0.4, 0.5) is 8.78 Å². The maximum Gasteiger partial charge on any atom is 0.248 e. The molecule has 0 aliphatic carbocycles. The van der Waals surface area contributed by atoms with E-state index in [0.29, 0.717) is 16.8 Å². The number of carbonyl (C=O) groups is 7. The number of hydrogen-bond donors (Lipinski definition) is 7. The van der Waals surface area contributed by atoms with Gasteiger partial charge in [0.15, 0.2) is 0 Å². The van der Waals surface area contributed by atoms with Crippen molar-refractivity contribution in [1.82, 2.24) is 41.0 Å². The lowest BCUT2D eigenvalue weighted by Crippen LogP contribution is -2.56. The van der Waals surface area contributed by atoms with Gasteiger partial charge in [0.05, 0.1) is 32.0 Å². The first-order valence-corrected chi connectivity index (χ1v) is 20.0. The first-order chi connectivity index (χ1) is 29.9. The van der Waals surface area contributed by atoms with E-state index < -0.39 is 103 Å². The number of nitrogens with two attached hydrogens (primary N) is 1. The smallest absolute Gasteiger partial charge is 0.248 e. The predicted molar refractivity (Wildman–Crippen MR) is 227 cm³/mol. The van der Waals surface area contributed by atoms with Crippen LogP contribution in [0.1, 0.15) is 56.5 Å². The molecule has 0 fully saturated rings. The van der Waals surface area contributed by atoms with Crippen molar-refractivity contribution in [2.45, 2.75) is 64.7 Å². The number of pyridine rings is 1. The number of likely N-dealkylation sites (N-methyl/N-ethyl adjacent to an activating group) is 1. The van der Waals surface area contributed by atoms with Gasteiger partial charge >= 0.3 is 0 Å². The van der Waals surface area contributed by atoms with Gasteiger partial charge in [-0.25, -0.2) is 8.78 Å². The second kappa shape index (κ2) is 22.7. The molecule has 19 heteroatoms. The van der Waals surface area contributed by atoms with E-state index in [9.17, 15) is 43.1 Å². The van der Waals surface area contributed by atoms with Crippen molar-refractivity contribution in [3.05, 3.63) is 114 Å². The summed E-state index contributed by atoms with van der Waals surface area (Å²) in [4.78, 5) is 95.2. The van der Waals surface area contributed by atoms with Crippen molar-refractivity contribution in [1.29, 1.82) is 0 Å². The van der Waals surface area contributed by atoms with Gasteiger partial charge in [-0.15, -0.1) is 0 Å². The van der Waals surface area contributed by atoms with Gasteiger partial charge in [0, 0.05) is 55.5 Å². The zero-order chi connectivity index (χ0) is 46.3. The Kier molecular flexibility index (Phi) is 17.5. The molecule has 4 aromatic rings. The second-order valence-electron chi connectivity index (χ2n) is 15.7. The number of hydrogen-bond acceptors (Lipinski definition) is 9. The Bertz CT molecular complexity index is 2250. The highest BCUT2D eigenvalue weighted by Crippen LogP contribution is 2.41. The molecule has 4 rings (SSSR count). The largest absolute Gasteiger partial charge is 0.387 e. The lowest BCUT2D eigenvalue weighted by molar-refractivity contribution is -0.140. The van der Waals surface area contributed by atoms with Crippen LogP contribution < -0.4 is 32.3 Å². The molecule has 0 saturated heterocycles.